The first kappa shape index (κ1) is 20.7. The lowest BCUT2D eigenvalue weighted by atomic mass is 10.0. The van der Waals surface area contributed by atoms with Crippen LogP contribution in [-0.2, 0) is 4.79 Å². The van der Waals surface area contributed by atoms with Gasteiger partial charge in [-0.2, -0.15) is 13.2 Å². The molecule has 2 aromatic rings. The molecule has 0 bridgehead atoms. The first-order valence-corrected chi connectivity index (χ1v) is 8.24. The van der Waals surface area contributed by atoms with Gasteiger partial charge in [-0.15, -0.1) is 0 Å². The standard InChI is InChI=1S/C19H18F5NO2/c1-2-3-17(18(26)27)25(11-19(22,23)24)14-7-4-12(5-8-14)15-9-6-13(20)10-16(15)21/h4-10,17H,2-3,11H2,1H3,(H,26,27)/t17-/m0/s1. The van der Waals surface area contributed by atoms with Gasteiger partial charge in [0.05, 0.1) is 0 Å². The predicted octanol–water partition coefficient (Wildman–Crippen LogP) is 5.25. The maximum absolute atomic E-state index is 13.9. The summed E-state index contributed by atoms with van der Waals surface area (Å²) in [6, 6.07) is 7.02. The topological polar surface area (TPSA) is 40.5 Å². The van der Waals surface area contributed by atoms with Crippen molar-refractivity contribution in [1.82, 2.24) is 0 Å². The van der Waals surface area contributed by atoms with Gasteiger partial charge in [0.25, 0.3) is 0 Å². The Morgan fingerprint density at radius 3 is 2.22 bits per heavy atom. The molecule has 0 amide bonds. The molecule has 0 fully saturated rings. The minimum absolute atomic E-state index is 0.0414. The summed E-state index contributed by atoms with van der Waals surface area (Å²) in [6.45, 7) is 0.260. The van der Waals surface area contributed by atoms with Crippen LogP contribution in [0.2, 0.25) is 0 Å². The van der Waals surface area contributed by atoms with Crippen LogP contribution < -0.4 is 4.90 Å². The molecule has 0 spiro atoms. The molecule has 0 aliphatic rings. The molecule has 2 rings (SSSR count). The molecule has 1 atom stereocenters. The smallest absolute Gasteiger partial charge is 0.405 e. The SMILES string of the molecule is CCC[C@@H](C(=O)O)N(CC(F)(F)F)c1ccc(-c2ccc(F)cc2F)cc1. The number of alkyl halides is 3. The third-order valence-electron chi connectivity index (χ3n) is 4.01. The minimum atomic E-state index is -4.59. The Labute approximate surface area is 153 Å². The molecule has 0 radical (unpaired) electrons. The zero-order chi connectivity index (χ0) is 20.2. The second-order valence-electron chi connectivity index (χ2n) is 6.06. The summed E-state index contributed by atoms with van der Waals surface area (Å²) in [5.41, 5.74) is 0.485. The quantitative estimate of drug-likeness (QED) is 0.660. The van der Waals surface area contributed by atoms with Crippen molar-refractivity contribution >= 4 is 11.7 Å². The molecule has 0 aliphatic heterocycles. The summed E-state index contributed by atoms with van der Waals surface area (Å²) in [4.78, 5) is 12.2. The zero-order valence-corrected chi connectivity index (χ0v) is 14.4. The summed E-state index contributed by atoms with van der Waals surface area (Å²) in [7, 11) is 0. The normalized spacial score (nSPS) is 12.7. The maximum Gasteiger partial charge on any atom is 0.405 e. The Hall–Kier alpha value is -2.64. The predicted molar refractivity (Wildman–Crippen MR) is 91.5 cm³/mol. The molecule has 2 aromatic carbocycles. The number of nitrogens with zero attached hydrogens (tertiary/aromatic N) is 1. The minimum Gasteiger partial charge on any atom is -0.480 e. The van der Waals surface area contributed by atoms with E-state index in [1.165, 1.54) is 30.3 Å². The van der Waals surface area contributed by atoms with Crippen molar-refractivity contribution in [2.24, 2.45) is 0 Å². The highest BCUT2D eigenvalue weighted by Crippen LogP contribution is 2.29. The summed E-state index contributed by atoms with van der Waals surface area (Å²) in [6.07, 6.45) is -4.16. The molecule has 27 heavy (non-hydrogen) atoms. The summed E-state index contributed by atoms with van der Waals surface area (Å²) in [5.74, 6) is -2.90. The first-order chi connectivity index (χ1) is 12.6. The van der Waals surface area contributed by atoms with E-state index in [0.717, 1.165) is 11.0 Å². The third-order valence-corrected chi connectivity index (χ3v) is 4.01. The van der Waals surface area contributed by atoms with Crippen molar-refractivity contribution in [3.63, 3.8) is 0 Å². The van der Waals surface area contributed by atoms with Crippen LogP contribution in [0.15, 0.2) is 42.5 Å². The lowest BCUT2D eigenvalue weighted by Gasteiger charge is -2.31. The van der Waals surface area contributed by atoms with Crippen LogP contribution in [0, 0.1) is 11.6 Å². The Kier molecular flexibility index (Phi) is 6.41. The van der Waals surface area contributed by atoms with Crippen LogP contribution in [-0.4, -0.2) is 29.8 Å². The number of anilines is 1. The summed E-state index contributed by atoms with van der Waals surface area (Å²) < 4.78 is 65.8. The van der Waals surface area contributed by atoms with Crippen LogP contribution in [0.1, 0.15) is 19.8 Å². The monoisotopic (exact) mass is 387 g/mol. The molecule has 0 saturated carbocycles. The fourth-order valence-corrected chi connectivity index (χ4v) is 2.82. The number of halogens is 5. The fourth-order valence-electron chi connectivity index (χ4n) is 2.82. The maximum atomic E-state index is 13.9. The highest BCUT2D eigenvalue weighted by molar-refractivity contribution is 5.79. The lowest BCUT2D eigenvalue weighted by Crippen LogP contribution is -2.46. The van der Waals surface area contributed by atoms with E-state index < -0.39 is 36.4 Å². The lowest BCUT2D eigenvalue weighted by molar-refractivity contribution is -0.140. The molecule has 0 saturated heterocycles. The van der Waals surface area contributed by atoms with Gasteiger partial charge in [0, 0.05) is 17.3 Å². The van der Waals surface area contributed by atoms with Crippen LogP contribution >= 0.6 is 0 Å². The van der Waals surface area contributed by atoms with Gasteiger partial charge in [-0.25, -0.2) is 13.6 Å². The number of rotatable bonds is 7. The van der Waals surface area contributed by atoms with Crippen LogP contribution in [0.3, 0.4) is 0 Å². The van der Waals surface area contributed by atoms with E-state index in [1.807, 2.05) is 0 Å². The van der Waals surface area contributed by atoms with E-state index in [2.05, 4.69) is 0 Å². The molecule has 0 heterocycles. The van der Waals surface area contributed by atoms with Gasteiger partial charge in [-0.05, 0) is 36.2 Å². The van der Waals surface area contributed by atoms with Gasteiger partial charge >= 0.3 is 12.1 Å². The number of carbonyl (C=O) groups is 1. The number of carboxylic acids is 1. The molecule has 146 valence electrons. The summed E-state index contributed by atoms with van der Waals surface area (Å²) >= 11 is 0. The molecule has 1 N–H and O–H groups in total. The highest BCUT2D eigenvalue weighted by atomic mass is 19.4. The van der Waals surface area contributed by atoms with E-state index in [9.17, 15) is 31.9 Å². The summed E-state index contributed by atoms with van der Waals surface area (Å²) in [5, 5.41) is 9.33. The average Bonchev–Trinajstić information content (AvgIpc) is 2.57. The Bertz CT molecular complexity index is 790. The second kappa shape index (κ2) is 8.37. The molecule has 0 aliphatic carbocycles. The van der Waals surface area contributed by atoms with Crippen molar-refractivity contribution in [3.05, 3.63) is 54.1 Å². The van der Waals surface area contributed by atoms with Crippen LogP contribution in [0.25, 0.3) is 11.1 Å². The number of hydrogen-bond donors (Lipinski definition) is 1. The van der Waals surface area contributed by atoms with Gasteiger partial charge in [0.2, 0.25) is 0 Å². The molecule has 0 unspecified atom stereocenters. The van der Waals surface area contributed by atoms with Crippen molar-refractivity contribution in [2.75, 3.05) is 11.4 Å². The van der Waals surface area contributed by atoms with Gasteiger partial charge in [-0.1, -0.05) is 25.5 Å². The fraction of sp³-hybridized carbons (Fsp3) is 0.316. The van der Waals surface area contributed by atoms with E-state index in [-0.39, 0.29) is 17.7 Å². The van der Waals surface area contributed by atoms with Gasteiger partial charge in [0.1, 0.15) is 24.2 Å². The first-order valence-electron chi connectivity index (χ1n) is 8.24. The van der Waals surface area contributed by atoms with E-state index in [1.54, 1.807) is 6.92 Å². The third kappa shape index (κ3) is 5.42. The van der Waals surface area contributed by atoms with E-state index in [4.69, 9.17) is 0 Å². The van der Waals surface area contributed by atoms with Gasteiger partial charge in [-0.3, -0.25) is 0 Å². The van der Waals surface area contributed by atoms with Crippen molar-refractivity contribution in [1.29, 1.82) is 0 Å². The van der Waals surface area contributed by atoms with E-state index >= 15 is 0 Å². The van der Waals surface area contributed by atoms with Crippen molar-refractivity contribution in [2.45, 2.75) is 32.0 Å². The van der Waals surface area contributed by atoms with Crippen molar-refractivity contribution in [3.8, 4) is 11.1 Å². The number of carboxylic acid groups (broad SMARTS) is 1. The van der Waals surface area contributed by atoms with Crippen LogP contribution in [0.5, 0.6) is 0 Å². The molecule has 0 aromatic heterocycles. The van der Waals surface area contributed by atoms with Gasteiger partial charge in [0.15, 0.2) is 0 Å². The molecular weight excluding hydrogens is 369 g/mol. The van der Waals surface area contributed by atoms with Crippen molar-refractivity contribution < 1.29 is 31.9 Å². The molecule has 3 nitrogen and oxygen atoms in total. The number of benzene rings is 2. The van der Waals surface area contributed by atoms with Gasteiger partial charge < -0.3 is 10.0 Å². The number of aliphatic carboxylic acids is 1. The highest BCUT2D eigenvalue weighted by Gasteiger charge is 2.36. The molecule has 8 heteroatoms. The van der Waals surface area contributed by atoms with Crippen LogP contribution in [0.4, 0.5) is 27.6 Å². The average molecular weight is 387 g/mol. The Morgan fingerprint density at radius 2 is 1.74 bits per heavy atom. The second-order valence-corrected chi connectivity index (χ2v) is 6.06. The Balaban J connectivity index is 2.39. The number of hydrogen-bond acceptors (Lipinski definition) is 2. The largest absolute Gasteiger partial charge is 0.480 e. The van der Waals surface area contributed by atoms with E-state index in [0.29, 0.717) is 18.1 Å². The zero-order valence-electron chi connectivity index (χ0n) is 14.4. The Morgan fingerprint density at radius 1 is 1.11 bits per heavy atom. The molecular formula is C19H18F5NO2.